The van der Waals surface area contributed by atoms with E-state index >= 15 is 0 Å². The van der Waals surface area contributed by atoms with Crippen LogP contribution in [0.4, 0.5) is 10.5 Å². The molecule has 33 heavy (non-hydrogen) atoms. The SMILES string of the molecule is CC#CC(C)OC(=O)N1C2CCC1CC(N1CCC3(CC1)CN(C(C)=O)c1ccccc13)C2. The first-order chi connectivity index (χ1) is 15.9. The van der Waals surface area contributed by atoms with Crippen LogP contribution in [0, 0.1) is 11.8 Å². The van der Waals surface area contributed by atoms with Gasteiger partial charge in [0.1, 0.15) is 0 Å². The number of hydrogen-bond acceptors (Lipinski definition) is 4. The number of nitrogens with zero attached hydrogens (tertiary/aromatic N) is 3. The molecule has 0 saturated carbocycles. The molecule has 2 bridgehead atoms. The summed E-state index contributed by atoms with van der Waals surface area (Å²) < 4.78 is 5.59. The average molecular weight is 450 g/mol. The number of piperidine rings is 2. The molecular formula is C27H35N3O3. The van der Waals surface area contributed by atoms with Gasteiger partial charge in [0.05, 0.1) is 0 Å². The Morgan fingerprint density at radius 3 is 2.39 bits per heavy atom. The number of anilines is 1. The highest BCUT2D eigenvalue weighted by molar-refractivity contribution is 5.94. The summed E-state index contributed by atoms with van der Waals surface area (Å²) in [6.45, 7) is 8.19. The summed E-state index contributed by atoms with van der Waals surface area (Å²) in [5, 5.41) is 0. The molecule has 1 spiro atoms. The standard InChI is InChI=1S/C27H35N3O3/c1-4-7-19(2)33-26(32)30-21-10-11-22(30)17-23(16-21)28-14-12-27(13-15-28)18-29(20(3)31)25-9-6-5-8-24(25)27/h5-6,8-9,19,21-23H,10-18H2,1-3H3. The molecule has 4 heterocycles. The van der Waals surface area contributed by atoms with E-state index in [2.05, 4.69) is 34.9 Å². The lowest BCUT2D eigenvalue weighted by Crippen LogP contribution is -2.55. The van der Waals surface area contributed by atoms with Crippen molar-refractivity contribution in [3.63, 3.8) is 0 Å². The fourth-order valence-corrected chi connectivity index (χ4v) is 6.85. The molecule has 3 fully saturated rings. The van der Waals surface area contributed by atoms with Gasteiger partial charge < -0.3 is 19.4 Å². The molecular weight excluding hydrogens is 414 g/mol. The van der Waals surface area contributed by atoms with Crippen molar-refractivity contribution in [2.75, 3.05) is 24.5 Å². The Morgan fingerprint density at radius 2 is 1.76 bits per heavy atom. The second-order valence-electron chi connectivity index (χ2n) is 10.3. The van der Waals surface area contributed by atoms with E-state index in [9.17, 15) is 9.59 Å². The number of para-hydroxylation sites is 1. The second kappa shape index (κ2) is 8.68. The van der Waals surface area contributed by atoms with Gasteiger partial charge >= 0.3 is 6.09 Å². The molecule has 3 unspecified atom stereocenters. The summed E-state index contributed by atoms with van der Waals surface area (Å²) in [7, 11) is 0. The second-order valence-corrected chi connectivity index (χ2v) is 10.3. The van der Waals surface area contributed by atoms with Crippen molar-refractivity contribution in [1.82, 2.24) is 9.80 Å². The number of fused-ring (bicyclic) bond motifs is 4. The Kier molecular flexibility index (Phi) is 5.86. The summed E-state index contributed by atoms with van der Waals surface area (Å²) >= 11 is 0. The Hall–Kier alpha value is -2.52. The summed E-state index contributed by atoms with van der Waals surface area (Å²) in [6, 6.07) is 9.54. The monoisotopic (exact) mass is 449 g/mol. The predicted molar refractivity (Wildman–Crippen MR) is 128 cm³/mol. The van der Waals surface area contributed by atoms with Crippen LogP contribution < -0.4 is 4.90 Å². The zero-order chi connectivity index (χ0) is 23.2. The lowest BCUT2D eigenvalue weighted by Gasteiger charge is -2.47. The molecule has 6 nitrogen and oxygen atoms in total. The Morgan fingerprint density at radius 1 is 1.09 bits per heavy atom. The van der Waals surface area contributed by atoms with Gasteiger partial charge in [-0.05, 0) is 77.1 Å². The van der Waals surface area contributed by atoms with Crippen molar-refractivity contribution in [3.05, 3.63) is 29.8 Å². The molecule has 4 aliphatic heterocycles. The van der Waals surface area contributed by atoms with Crippen LogP contribution in [0.2, 0.25) is 0 Å². The maximum atomic E-state index is 12.8. The minimum atomic E-state index is -0.359. The van der Waals surface area contributed by atoms with Crippen molar-refractivity contribution in [1.29, 1.82) is 0 Å². The van der Waals surface area contributed by atoms with Crippen LogP contribution in [0.5, 0.6) is 0 Å². The average Bonchev–Trinajstić information content (AvgIpc) is 3.26. The Labute approximate surface area is 197 Å². The molecule has 1 aromatic rings. The maximum Gasteiger partial charge on any atom is 0.411 e. The third kappa shape index (κ3) is 3.91. The lowest BCUT2D eigenvalue weighted by atomic mass is 9.73. The van der Waals surface area contributed by atoms with Crippen LogP contribution in [0.1, 0.15) is 64.9 Å². The van der Waals surface area contributed by atoms with Gasteiger partial charge in [-0.3, -0.25) is 4.79 Å². The van der Waals surface area contributed by atoms with Crippen molar-refractivity contribution in [2.45, 2.75) is 88.9 Å². The summed E-state index contributed by atoms with van der Waals surface area (Å²) in [4.78, 5) is 31.7. The summed E-state index contributed by atoms with van der Waals surface area (Å²) in [6.07, 6.45) is 5.82. The zero-order valence-electron chi connectivity index (χ0n) is 20.0. The quantitative estimate of drug-likeness (QED) is 0.642. The largest absolute Gasteiger partial charge is 0.433 e. The van der Waals surface area contributed by atoms with Crippen LogP contribution >= 0.6 is 0 Å². The van der Waals surface area contributed by atoms with Gasteiger partial charge in [-0.1, -0.05) is 24.1 Å². The molecule has 5 rings (SSSR count). The van der Waals surface area contributed by atoms with Gasteiger partial charge in [-0.15, -0.1) is 5.92 Å². The molecule has 3 atom stereocenters. The van der Waals surface area contributed by atoms with E-state index in [0.29, 0.717) is 6.04 Å². The number of likely N-dealkylation sites (tertiary alicyclic amines) is 1. The lowest BCUT2D eigenvalue weighted by molar-refractivity contribution is -0.116. The molecule has 0 aliphatic carbocycles. The summed E-state index contributed by atoms with van der Waals surface area (Å²) in [5.74, 6) is 5.88. The van der Waals surface area contributed by atoms with Gasteiger partial charge in [0, 0.05) is 42.7 Å². The number of rotatable bonds is 2. The molecule has 0 N–H and O–H groups in total. The first kappa shape index (κ1) is 22.3. The smallest absolute Gasteiger partial charge is 0.411 e. The van der Waals surface area contributed by atoms with Crippen molar-refractivity contribution < 1.29 is 14.3 Å². The number of amides is 2. The highest BCUT2D eigenvalue weighted by Crippen LogP contribution is 2.48. The fraction of sp³-hybridized carbons (Fsp3) is 0.630. The number of ether oxygens (including phenoxy) is 1. The first-order valence-electron chi connectivity index (χ1n) is 12.4. The van der Waals surface area contributed by atoms with E-state index in [1.54, 1.807) is 13.8 Å². The van der Waals surface area contributed by atoms with Gasteiger partial charge in [0.2, 0.25) is 5.91 Å². The van der Waals surface area contributed by atoms with Crippen LogP contribution in [-0.4, -0.2) is 65.7 Å². The van der Waals surface area contributed by atoms with Crippen molar-refractivity contribution in [2.24, 2.45) is 0 Å². The first-order valence-corrected chi connectivity index (χ1v) is 12.4. The molecule has 176 valence electrons. The number of carbonyl (C=O) groups is 2. The van der Waals surface area contributed by atoms with Crippen molar-refractivity contribution >= 4 is 17.7 Å². The molecule has 3 saturated heterocycles. The predicted octanol–water partition coefficient (Wildman–Crippen LogP) is 3.93. The van der Waals surface area contributed by atoms with Gasteiger partial charge in [-0.2, -0.15) is 0 Å². The summed E-state index contributed by atoms with van der Waals surface area (Å²) in [5.41, 5.74) is 2.53. The van der Waals surface area contributed by atoms with Gasteiger partial charge in [-0.25, -0.2) is 4.79 Å². The van der Waals surface area contributed by atoms with Crippen LogP contribution in [0.25, 0.3) is 0 Å². The minimum Gasteiger partial charge on any atom is -0.433 e. The number of carbonyl (C=O) groups excluding carboxylic acids is 2. The third-order valence-corrected chi connectivity index (χ3v) is 8.42. The fourth-order valence-electron chi connectivity index (χ4n) is 6.85. The van der Waals surface area contributed by atoms with Crippen LogP contribution in [0.3, 0.4) is 0 Å². The van der Waals surface area contributed by atoms with E-state index in [-0.39, 0.29) is 35.6 Å². The molecule has 6 heteroatoms. The maximum absolute atomic E-state index is 12.8. The Balaban J connectivity index is 1.23. The van der Waals surface area contributed by atoms with E-state index in [1.165, 1.54) is 5.56 Å². The third-order valence-electron chi connectivity index (χ3n) is 8.42. The normalized spacial score (nSPS) is 28.8. The highest BCUT2D eigenvalue weighted by atomic mass is 16.6. The van der Waals surface area contributed by atoms with Crippen LogP contribution in [-0.2, 0) is 14.9 Å². The molecule has 2 amide bonds. The number of hydrogen-bond donors (Lipinski definition) is 0. The molecule has 4 aliphatic rings. The highest BCUT2D eigenvalue weighted by Gasteiger charge is 2.49. The minimum absolute atomic E-state index is 0.0820. The van der Waals surface area contributed by atoms with E-state index < -0.39 is 0 Å². The Bertz CT molecular complexity index is 974. The van der Waals surface area contributed by atoms with Crippen LogP contribution in [0.15, 0.2) is 24.3 Å². The van der Waals surface area contributed by atoms with E-state index in [1.807, 2.05) is 22.8 Å². The van der Waals surface area contributed by atoms with E-state index in [4.69, 9.17) is 4.74 Å². The van der Waals surface area contributed by atoms with Gasteiger partial charge in [0.25, 0.3) is 0 Å². The van der Waals surface area contributed by atoms with E-state index in [0.717, 1.165) is 63.8 Å². The molecule has 0 aromatic heterocycles. The van der Waals surface area contributed by atoms with Crippen molar-refractivity contribution in [3.8, 4) is 11.8 Å². The van der Waals surface area contributed by atoms with Gasteiger partial charge in [0.15, 0.2) is 6.10 Å². The topological polar surface area (TPSA) is 53.1 Å². The zero-order valence-corrected chi connectivity index (χ0v) is 20.0. The number of benzene rings is 1. The molecule has 1 aromatic carbocycles. The molecule has 0 radical (unpaired) electrons.